The second kappa shape index (κ2) is 10.8. The predicted octanol–water partition coefficient (Wildman–Crippen LogP) is 0.434. The Bertz CT molecular complexity index is 689. The number of terminal acetylenes is 2. The van der Waals surface area contributed by atoms with Gasteiger partial charge in [0.05, 0.1) is 24.4 Å². The molecule has 24 heavy (non-hydrogen) atoms. The van der Waals surface area contributed by atoms with Crippen LogP contribution in [-0.4, -0.2) is 43.2 Å². The smallest absolute Gasteiger partial charge is 0.339 e. The largest absolute Gasteiger partial charge is 0.452 e. The molecule has 0 heterocycles. The van der Waals surface area contributed by atoms with E-state index in [9.17, 15) is 14.4 Å². The lowest BCUT2D eigenvalue weighted by Gasteiger charge is -2.09. The number of ether oxygens (including phenoxy) is 1. The number of esters is 1. The molecule has 0 atom stereocenters. The number of nitrogens with one attached hydrogen (secondary N) is 2. The van der Waals surface area contributed by atoms with E-state index in [4.69, 9.17) is 17.6 Å². The molecule has 0 saturated heterocycles. The van der Waals surface area contributed by atoms with Gasteiger partial charge in [-0.05, 0) is 12.1 Å². The van der Waals surface area contributed by atoms with Crippen molar-refractivity contribution in [1.29, 1.82) is 0 Å². The minimum absolute atomic E-state index is 0.0651. The van der Waals surface area contributed by atoms with E-state index < -0.39 is 18.5 Å². The van der Waals surface area contributed by atoms with Gasteiger partial charge in [0.25, 0.3) is 5.91 Å². The first kappa shape index (κ1) is 19.1. The Morgan fingerprint density at radius 1 is 1.04 bits per heavy atom. The summed E-state index contributed by atoms with van der Waals surface area (Å²) in [6.07, 6.45) is 10.1. The summed E-state index contributed by atoms with van der Waals surface area (Å²) in [5.41, 5.74) is 0.275. The highest BCUT2D eigenvalue weighted by Crippen LogP contribution is 2.23. The van der Waals surface area contributed by atoms with Gasteiger partial charge >= 0.3 is 5.97 Å². The molecule has 0 bridgehead atoms. The number of rotatable bonds is 8. The molecule has 0 aliphatic carbocycles. The van der Waals surface area contributed by atoms with Gasteiger partial charge in [-0.3, -0.25) is 9.59 Å². The minimum Gasteiger partial charge on any atom is -0.452 e. The maximum atomic E-state index is 12.1. The molecule has 7 heteroatoms. The van der Waals surface area contributed by atoms with Gasteiger partial charge in [-0.2, -0.15) is 0 Å². The molecule has 124 valence electrons. The van der Waals surface area contributed by atoms with E-state index in [0.717, 1.165) is 0 Å². The molecule has 1 aromatic rings. The molecule has 6 nitrogen and oxygen atoms in total. The van der Waals surface area contributed by atoms with Gasteiger partial charge < -0.3 is 15.4 Å². The molecule has 0 spiro atoms. The van der Waals surface area contributed by atoms with Crippen molar-refractivity contribution >= 4 is 29.5 Å². The fourth-order valence-corrected chi connectivity index (χ4v) is 2.38. The topological polar surface area (TPSA) is 84.5 Å². The van der Waals surface area contributed by atoms with Gasteiger partial charge in [0.2, 0.25) is 5.91 Å². The van der Waals surface area contributed by atoms with Crippen LogP contribution in [0.2, 0.25) is 0 Å². The molecule has 1 aromatic carbocycles. The Labute approximate surface area is 144 Å². The molecule has 0 fully saturated rings. The SMILES string of the molecule is C#CCNC(=O)COC(=O)c1ccccc1SCC(=O)NCC#C. The van der Waals surface area contributed by atoms with E-state index in [1.807, 2.05) is 0 Å². The van der Waals surface area contributed by atoms with E-state index in [0.29, 0.717) is 4.90 Å². The number of amides is 2. The summed E-state index contributed by atoms with van der Waals surface area (Å²) in [4.78, 5) is 35.6. The molecular weight excluding hydrogens is 328 g/mol. The summed E-state index contributed by atoms with van der Waals surface area (Å²) in [6, 6.07) is 6.65. The normalized spacial score (nSPS) is 9.25. The highest BCUT2D eigenvalue weighted by Gasteiger charge is 2.15. The second-order valence-corrected chi connectivity index (χ2v) is 5.34. The fourth-order valence-electron chi connectivity index (χ4n) is 1.51. The number of thioether (sulfide) groups is 1. The summed E-state index contributed by atoms with van der Waals surface area (Å²) in [5, 5.41) is 4.92. The van der Waals surface area contributed by atoms with E-state index in [1.165, 1.54) is 11.8 Å². The maximum absolute atomic E-state index is 12.1. The number of hydrogen-bond donors (Lipinski definition) is 2. The number of hydrogen-bond acceptors (Lipinski definition) is 5. The quantitative estimate of drug-likeness (QED) is 0.406. The van der Waals surface area contributed by atoms with Crippen LogP contribution in [0.15, 0.2) is 29.2 Å². The van der Waals surface area contributed by atoms with Gasteiger partial charge in [0, 0.05) is 4.90 Å². The van der Waals surface area contributed by atoms with Crippen molar-refractivity contribution in [2.24, 2.45) is 0 Å². The third-order valence-corrected chi connectivity index (χ3v) is 3.65. The zero-order valence-corrected chi connectivity index (χ0v) is 13.7. The van der Waals surface area contributed by atoms with Gasteiger partial charge in [-0.1, -0.05) is 24.0 Å². The lowest BCUT2D eigenvalue weighted by atomic mass is 10.2. The molecule has 0 aliphatic rings. The Balaban J connectivity index is 2.60. The number of benzene rings is 1. The van der Waals surface area contributed by atoms with Crippen molar-refractivity contribution in [1.82, 2.24) is 10.6 Å². The zero-order valence-electron chi connectivity index (χ0n) is 12.8. The van der Waals surface area contributed by atoms with Crippen LogP contribution < -0.4 is 10.6 Å². The lowest BCUT2D eigenvalue weighted by Crippen LogP contribution is -2.29. The minimum atomic E-state index is -0.655. The molecule has 0 aromatic heterocycles. The van der Waals surface area contributed by atoms with Crippen LogP contribution in [0.4, 0.5) is 0 Å². The molecular formula is C17H16N2O4S. The predicted molar refractivity (Wildman–Crippen MR) is 91.1 cm³/mol. The van der Waals surface area contributed by atoms with Crippen molar-refractivity contribution in [2.45, 2.75) is 4.90 Å². The zero-order chi connectivity index (χ0) is 17.8. The lowest BCUT2D eigenvalue weighted by molar-refractivity contribution is -0.124. The third-order valence-electron chi connectivity index (χ3n) is 2.58. The molecule has 2 N–H and O–H groups in total. The Morgan fingerprint density at radius 3 is 2.33 bits per heavy atom. The van der Waals surface area contributed by atoms with Gasteiger partial charge in [0.1, 0.15) is 0 Å². The molecule has 0 saturated carbocycles. The van der Waals surface area contributed by atoms with Crippen molar-refractivity contribution < 1.29 is 19.1 Å². The first-order valence-corrected chi connectivity index (χ1v) is 7.86. The maximum Gasteiger partial charge on any atom is 0.339 e. The standard InChI is InChI=1S/C17H16N2O4S/c1-3-9-18-15(20)11-23-17(22)13-7-5-6-8-14(13)24-12-16(21)19-10-4-2/h1-2,5-8H,9-12H2,(H,18,20)(H,19,21). The Morgan fingerprint density at radius 2 is 1.67 bits per heavy atom. The first-order chi connectivity index (χ1) is 11.6. The first-order valence-electron chi connectivity index (χ1n) is 6.87. The Hall–Kier alpha value is -2.90. The number of carbonyl (C=O) groups excluding carboxylic acids is 3. The van der Waals surface area contributed by atoms with Crippen molar-refractivity contribution in [3.63, 3.8) is 0 Å². The molecule has 0 unspecified atom stereocenters. The van der Waals surface area contributed by atoms with E-state index in [-0.39, 0.29) is 30.3 Å². The Kier molecular flexibility index (Phi) is 8.59. The highest BCUT2D eigenvalue weighted by molar-refractivity contribution is 8.00. The number of carbonyl (C=O) groups is 3. The highest BCUT2D eigenvalue weighted by atomic mass is 32.2. The van der Waals surface area contributed by atoms with Crippen LogP contribution >= 0.6 is 11.8 Å². The summed E-state index contributed by atoms with van der Waals surface area (Å²) in [6.45, 7) is -0.215. The van der Waals surface area contributed by atoms with Crippen LogP contribution in [0.3, 0.4) is 0 Å². The van der Waals surface area contributed by atoms with Gasteiger partial charge in [-0.25, -0.2) is 4.79 Å². The third kappa shape index (κ3) is 6.91. The van der Waals surface area contributed by atoms with E-state index >= 15 is 0 Å². The van der Waals surface area contributed by atoms with Gasteiger partial charge in [0.15, 0.2) is 6.61 Å². The van der Waals surface area contributed by atoms with Crippen molar-refractivity contribution in [3.8, 4) is 24.7 Å². The molecule has 0 radical (unpaired) electrons. The van der Waals surface area contributed by atoms with Crippen LogP contribution in [0, 0.1) is 24.7 Å². The van der Waals surface area contributed by atoms with E-state index in [1.54, 1.807) is 24.3 Å². The van der Waals surface area contributed by atoms with Crippen LogP contribution in [0.5, 0.6) is 0 Å². The van der Waals surface area contributed by atoms with Gasteiger partial charge in [-0.15, -0.1) is 24.6 Å². The van der Waals surface area contributed by atoms with Crippen LogP contribution in [-0.2, 0) is 14.3 Å². The van der Waals surface area contributed by atoms with Crippen molar-refractivity contribution in [3.05, 3.63) is 29.8 Å². The van der Waals surface area contributed by atoms with Crippen molar-refractivity contribution in [2.75, 3.05) is 25.4 Å². The average molecular weight is 344 g/mol. The van der Waals surface area contributed by atoms with Crippen LogP contribution in [0.25, 0.3) is 0 Å². The summed E-state index contributed by atoms with van der Waals surface area (Å²) in [5.74, 6) is 3.27. The molecule has 1 rings (SSSR count). The molecule has 0 aliphatic heterocycles. The second-order valence-electron chi connectivity index (χ2n) is 4.32. The fraction of sp³-hybridized carbons (Fsp3) is 0.235. The van der Waals surface area contributed by atoms with E-state index in [2.05, 4.69) is 22.5 Å². The average Bonchev–Trinajstić information content (AvgIpc) is 2.61. The van der Waals surface area contributed by atoms with Crippen LogP contribution in [0.1, 0.15) is 10.4 Å². The molecule has 2 amide bonds. The summed E-state index contributed by atoms with van der Waals surface area (Å²) in [7, 11) is 0. The monoisotopic (exact) mass is 344 g/mol. The summed E-state index contributed by atoms with van der Waals surface area (Å²) < 4.78 is 4.94. The summed E-state index contributed by atoms with van der Waals surface area (Å²) >= 11 is 1.17.